The molecule has 3 fully saturated rings. The molecule has 0 unspecified atom stereocenters. The van der Waals surface area contributed by atoms with Gasteiger partial charge in [0.25, 0.3) is 0 Å². The first-order valence-electron chi connectivity index (χ1n) is 6.87. The van der Waals surface area contributed by atoms with Crippen molar-refractivity contribution in [2.45, 2.75) is 25.4 Å². The zero-order chi connectivity index (χ0) is 13.4. The summed E-state index contributed by atoms with van der Waals surface area (Å²) in [6.45, 7) is 2.21. The van der Waals surface area contributed by atoms with E-state index in [1.165, 1.54) is 6.07 Å². The van der Waals surface area contributed by atoms with Crippen molar-refractivity contribution >= 4 is 5.91 Å². The van der Waals surface area contributed by atoms with E-state index >= 15 is 0 Å². The lowest BCUT2D eigenvalue weighted by atomic mass is 9.95. The number of benzene rings is 1. The van der Waals surface area contributed by atoms with E-state index in [1.807, 2.05) is 24.1 Å². The molecular formula is C15H19FN2O. The maximum Gasteiger partial charge on any atom is 0.227 e. The number of carbonyl (C=O) groups excluding carboxylic acids is 1. The van der Waals surface area contributed by atoms with Crippen molar-refractivity contribution in [2.75, 3.05) is 20.1 Å². The summed E-state index contributed by atoms with van der Waals surface area (Å²) in [6.07, 6.45) is 2.04. The average molecular weight is 262 g/mol. The summed E-state index contributed by atoms with van der Waals surface area (Å²) >= 11 is 0. The number of carbonyl (C=O) groups is 1. The highest BCUT2D eigenvalue weighted by atomic mass is 19.1. The Hall–Kier alpha value is -1.42. The van der Waals surface area contributed by atoms with Gasteiger partial charge in [0.05, 0.1) is 5.92 Å². The fourth-order valence-electron chi connectivity index (χ4n) is 3.24. The molecule has 3 heterocycles. The van der Waals surface area contributed by atoms with Crippen molar-refractivity contribution in [2.24, 2.45) is 5.92 Å². The Bertz CT molecular complexity index is 491. The van der Waals surface area contributed by atoms with Gasteiger partial charge in [-0.3, -0.25) is 9.69 Å². The van der Waals surface area contributed by atoms with E-state index in [9.17, 15) is 9.18 Å². The van der Waals surface area contributed by atoms with Crippen LogP contribution in [0.4, 0.5) is 4.39 Å². The summed E-state index contributed by atoms with van der Waals surface area (Å²) in [6, 6.07) is 7.19. The molecule has 0 saturated carbocycles. The van der Waals surface area contributed by atoms with E-state index in [0.717, 1.165) is 31.5 Å². The van der Waals surface area contributed by atoms with Crippen molar-refractivity contribution in [1.82, 2.24) is 9.80 Å². The van der Waals surface area contributed by atoms with Crippen LogP contribution in [0.1, 0.15) is 18.4 Å². The largest absolute Gasteiger partial charge is 0.341 e. The van der Waals surface area contributed by atoms with E-state index in [4.69, 9.17) is 0 Å². The summed E-state index contributed by atoms with van der Waals surface area (Å²) in [5, 5.41) is 0. The summed E-state index contributed by atoms with van der Waals surface area (Å²) in [4.78, 5) is 16.2. The number of amides is 1. The lowest BCUT2D eigenvalue weighted by Crippen LogP contribution is -2.45. The van der Waals surface area contributed by atoms with E-state index < -0.39 is 0 Å². The molecule has 1 aromatic rings. The van der Waals surface area contributed by atoms with Crippen LogP contribution < -0.4 is 0 Å². The molecule has 3 aliphatic heterocycles. The SMILES string of the molecule is CN1C(=O)[C@H]2CC[C@@H]1CN(Cc1ccccc1F)C2. The number of fused-ring (bicyclic) bond motifs is 4. The lowest BCUT2D eigenvalue weighted by molar-refractivity contribution is -0.138. The van der Waals surface area contributed by atoms with Crippen molar-refractivity contribution in [1.29, 1.82) is 0 Å². The van der Waals surface area contributed by atoms with Gasteiger partial charge in [-0.15, -0.1) is 0 Å². The lowest BCUT2D eigenvalue weighted by Gasteiger charge is -2.32. The highest BCUT2D eigenvalue weighted by Crippen LogP contribution is 2.28. The zero-order valence-electron chi connectivity index (χ0n) is 11.2. The van der Waals surface area contributed by atoms with Crippen LogP contribution in [0.5, 0.6) is 0 Å². The second kappa shape index (κ2) is 4.93. The van der Waals surface area contributed by atoms with Gasteiger partial charge in [-0.25, -0.2) is 4.39 Å². The quantitative estimate of drug-likeness (QED) is 0.812. The molecule has 2 bridgehead atoms. The molecule has 3 aliphatic rings. The number of halogens is 1. The fraction of sp³-hybridized carbons (Fsp3) is 0.533. The molecule has 3 nitrogen and oxygen atoms in total. The number of nitrogens with zero attached hydrogens (tertiary/aromatic N) is 2. The monoisotopic (exact) mass is 262 g/mol. The normalized spacial score (nSPS) is 27.7. The molecule has 1 amide bonds. The highest BCUT2D eigenvalue weighted by Gasteiger charge is 2.38. The molecule has 0 radical (unpaired) electrons. The first-order chi connectivity index (χ1) is 9.15. The van der Waals surface area contributed by atoms with Crippen LogP contribution in [0.15, 0.2) is 24.3 Å². The van der Waals surface area contributed by atoms with Crippen molar-refractivity contribution < 1.29 is 9.18 Å². The second-order valence-corrected chi connectivity index (χ2v) is 5.66. The Balaban J connectivity index is 1.77. The van der Waals surface area contributed by atoms with Crippen LogP contribution in [0.25, 0.3) is 0 Å². The average Bonchev–Trinajstić information content (AvgIpc) is 2.66. The van der Waals surface area contributed by atoms with Gasteiger partial charge in [0.2, 0.25) is 5.91 Å². The smallest absolute Gasteiger partial charge is 0.227 e. The van der Waals surface area contributed by atoms with Crippen LogP contribution in [0, 0.1) is 11.7 Å². The molecule has 0 aromatic heterocycles. The van der Waals surface area contributed by atoms with Gasteiger partial charge in [0.1, 0.15) is 5.82 Å². The third-order valence-electron chi connectivity index (χ3n) is 4.39. The second-order valence-electron chi connectivity index (χ2n) is 5.66. The number of piperidine rings is 1. The molecule has 1 aromatic carbocycles. The summed E-state index contributed by atoms with van der Waals surface area (Å²) in [5.74, 6) is 0.196. The predicted molar refractivity (Wildman–Crippen MR) is 71.0 cm³/mol. The molecule has 0 aliphatic carbocycles. The predicted octanol–water partition coefficient (Wildman–Crippen LogP) is 1.88. The molecule has 2 atom stereocenters. The Morgan fingerprint density at radius 1 is 1.26 bits per heavy atom. The van der Waals surface area contributed by atoms with Gasteiger partial charge in [0.15, 0.2) is 0 Å². The minimum Gasteiger partial charge on any atom is -0.341 e. The van der Waals surface area contributed by atoms with Gasteiger partial charge >= 0.3 is 0 Å². The standard InChI is InChI=1S/C15H19FN2O/c1-17-13-7-6-12(15(17)19)9-18(10-13)8-11-4-2-3-5-14(11)16/h2-5,12-13H,6-10H2,1H3/t12-,13+/m0/s1. The maximum atomic E-state index is 13.7. The number of hydrogen-bond donors (Lipinski definition) is 0. The molecule has 4 rings (SSSR count). The summed E-state index contributed by atoms with van der Waals surface area (Å²) < 4.78 is 13.7. The minimum absolute atomic E-state index is 0.0931. The highest BCUT2D eigenvalue weighted by molar-refractivity contribution is 5.80. The molecule has 19 heavy (non-hydrogen) atoms. The van der Waals surface area contributed by atoms with E-state index in [1.54, 1.807) is 6.07 Å². The first kappa shape index (κ1) is 12.6. The van der Waals surface area contributed by atoms with Crippen molar-refractivity contribution in [3.63, 3.8) is 0 Å². The minimum atomic E-state index is -0.154. The Morgan fingerprint density at radius 2 is 2.05 bits per heavy atom. The van der Waals surface area contributed by atoms with Gasteiger partial charge in [-0.05, 0) is 18.9 Å². The summed E-state index contributed by atoms with van der Waals surface area (Å²) in [5.41, 5.74) is 0.721. The summed E-state index contributed by atoms with van der Waals surface area (Å²) in [7, 11) is 1.89. The van der Waals surface area contributed by atoms with Crippen LogP contribution >= 0.6 is 0 Å². The van der Waals surface area contributed by atoms with E-state index in [-0.39, 0.29) is 23.7 Å². The van der Waals surface area contributed by atoms with Crippen molar-refractivity contribution in [3.8, 4) is 0 Å². The van der Waals surface area contributed by atoms with Crippen LogP contribution in [0.2, 0.25) is 0 Å². The van der Waals surface area contributed by atoms with Crippen LogP contribution in [0.3, 0.4) is 0 Å². The number of rotatable bonds is 2. The Labute approximate surface area is 113 Å². The molecule has 102 valence electrons. The van der Waals surface area contributed by atoms with Gasteiger partial charge < -0.3 is 4.90 Å². The topological polar surface area (TPSA) is 23.6 Å². The Morgan fingerprint density at radius 3 is 2.84 bits per heavy atom. The zero-order valence-corrected chi connectivity index (χ0v) is 11.2. The van der Waals surface area contributed by atoms with Crippen LogP contribution in [-0.4, -0.2) is 41.9 Å². The number of hydrogen-bond acceptors (Lipinski definition) is 2. The maximum absolute atomic E-state index is 13.7. The van der Waals surface area contributed by atoms with Gasteiger partial charge in [0, 0.05) is 38.3 Å². The third-order valence-corrected chi connectivity index (χ3v) is 4.39. The molecule has 0 spiro atoms. The van der Waals surface area contributed by atoms with Crippen molar-refractivity contribution in [3.05, 3.63) is 35.6 Å². The number of likely N-dealkylation sites (N-methyl/N-ethyl adjacent to an activating group) is 1. The van der Waals surface area contributed by atoms with E-state index in [2.05, 4.69) is 4.90 Å². The Kier molecular flexibility index (Phi) is 3.27. The van der Waals surface area contributed by atoms with E-state index in [0.29, 0.717) is 6.54 Å². The fourth-order valence-corrected chi connectivity index (χ4v) is 3.24. The van der Waals surface area contributed by atoms with Gasteiger partial charge in [-0.1, -0.05) is 18.2 Å². The molecular weight excluding hydrogens is 243 g/mol. The molecule has 3 saturated heterocycles. The first-order valence-corrected chi connectivity index (χ1v) is 6.87. The third kappa shape index (κ3) is 2.37. The van der Waals surface area contributed by atoms with Gasteiger partial charge in [-0.2, -0.15) is 0 Å². The van der Waals surface area contributed by atoms with Crippen LogP contribution in [-0.2, 0) is 11.3 Å². The molecule has 4 heteroatoms. The molecule has 0 N–H and O–H groups in total.